The van der Waals surface area contributed by atoms with Gasteiger partial charge in [-0.15, -0.1) is 0 Å². The monoisotopic (exact) mass is 428 g/mol. The Balaban J connectivity index is 1.66. The lowest BCUT2D eigenvalue weighted by Crippen LogP contribution is -2.36. The van der Waals surface area contributed by atoms with E-state index in [1.54, 1.807) is 4.52 Å². The lowest BCUT2D eigenvalue weighted by Gasteiger charge is -2.28. The molecule has 1 atom stereocenters. The highest BCUT2D eigenvalue weighted by Crippen LogP contribution is 2.26. The maximum absolute atomic E-state index is 6.21. The molecule has 7 nitrogen and oxygen atoms in total. The molecule has 2 aromatic heterocycles. The van der Waals surface area contributed by atoms with Crippen LogP contribution in [0.4, 0.5) is 5.95 Å². The van der Waals surface area contributed by atoms with Crippen LogP contribution in [0.25, 0.3) is 5.65 Å². The number of nitrogens with one attached hydrogen (secondary N) is 1. The van der Waals surface area contributed by atoms with E-state index in [0.717, 1.165) is 42.7 Å². The van der Waals surface area contributed by atoms with Gasteiger partial charge in [-0.3, -0.25) is 0 Å². The van der Waals surface area contributed by atoms with Gasteiger partial charge in [-0.2, -0.15) is 19.6 Å². The Bertz CT molecular complexity index is 1010. The predicted molar refractivity (Wildman–Crippen MR) is 120 cm³/mol. The minimum absolute atomic E-state index is 0.00956. The maximum atomic E-state index is 6.21. The van der Waals surface area contributed by atoms with E-state index in [4.69, 9.17) is 21.3 Å². The van der Waals surface area contributed by atoms with Crippen LogP contribution in [0.15, 0.2) is 30.5 Å². The Labute approximate surface area is 182 Å². The number of benzene rings is 1. The van der Waals surface area contributed by atoms with Crippen LogP contribution in [-0.2, 0) is 0 Å². The van der Waals surface area contributed by atoms with Crippen molar-refractivity contribution in [3.05, 3.63) is 46.6 Å². The summed E-state index contributed by atoms with van der Waals surface area (Å²) >= 11 is 6.17. The molecule has 8 heteroatoms. The molecule has 3 heterocycles. The van der Waals surface area contributed by atoms with Crippen molar-refractivity contribution in [2.75, 3.05) is 25.5 Å². The third-order valence-electron chi connectivity index (χ3n) is 5.63. The molecular weight excluding hydrogens is 400 g/mol. The first kappa shape index (κ1) is 20.9. The fourth-order valence-electron chi connectivity index (χ4n) is 3.73. The molecule has 0 radical (unpaired) electrons. The van der Waals surface area contributed by atoms with Gasteiger partial charge in [0.15, 0.2) is 5.65 Å². The quantitative estimate of drug-likeness (QED) is 0.621. The number of hydrogen-bond donors (Lipinski definition) is 1. The topological polar surface area (TPSA) is 67.6 Å². The Hall–Kier alpha value is -2.38. The summed E-state index contributed by atoms with van der Waals surface area (Å²) in [4.78, 5) is 11.7. The van der Waals surface area contributed by atoms with Crippen LogP contribution in [0.2, 0.25) is 5.02 Å². The Morgan fingerprint density at radius 1 is 1.17 bits per heavy atom. The van der Waals surface area contributed by atoms with Crippen LogP contribution >= 0.6 is 11.6 Å². The number of ether oxygens (including phenoxy) is 1. The van der Waals surface area contributed by atoms with Gasteiger partial charge in [0.2, 0.25) is 5.95 Å². The maximum Gasteiger partial charge on any atom is 0.322 e. The average Bonchev–Trinajstić information content (AvgIpc) is 3.14. The fourth-order valence-corrected chi connectivity index (χ4v) is 3.93. The van der Waals surface area contributed by atoms with Crippen LogP contribution in [-0.4, -0.2) is 50.7 Å². The number of nitrogens with zero attached hydrogens (tertiary/aromatic N) is 5. The molecule has 0 aliphatic carbocycles. The minimum Gasteiger partial charge on any atom is -0.460 e. The molecule has 0 spiro atoms. The van der Waals surface area contributed by atoms with Crippen LogP contribution in [0.5, 0.6) is 6.01 Å². The normalized spacial score (nSPS) is 16.9. The summed E-state index contributed by atoms with van der Waals surface area (Å²) in [6.07, 6.45) is 3.95. The second kappa shape index (κ2) is 8.78. The summed E-state index contributed by atoms with van der Waals surface area (Å²) in [5.74, 6) is 0.911. The number of likely N-dealkylation sites (tertiary alicyclic amines) is 1. The standard InChI is InChI=1S/C22H29ClN6O/c1-14(2)19-13-24-29-20(19)26-22(30-18-8-10-28(4)11-9-18)27-21(29)25-15(3)16-6-5-7-17(23)12-16/h5-7,12-15,18H,8-11H2,1-4H3,(H,25,26,27). The van der Waals surface area contributed by atoms with Gasteiger partial charge in [-0.05, 0) is 50.4 Å². The van der Waals surface area contributed by atoms with Crippen molar-refractivity contribution >= 4 is 23.2 Å². The third kappa shape index (κ3) is 4.52. The van der Waals surface area contributed by atoms with Gasteiger partial charge in [0.05, 0.1) is 12.2 Å². The lowest BCUT2D eigenvalue weighted by atomic mass is 10.1. The van der Waals surface area contributed by atoms with Crippen LogP contribution < -0.4 is 10.1 Å². The smallest absolute Gasteiger partial charge is 0.322 e. The van der Waals surface area contributed by atoms with Gasteiger partial charge in [0.1, 0.15) is 6.10 Å². The molecule has 0 saturated carbocycles. The summed E-state index contributed by atoms with van der Waals surface area (Å²) in [7, 11) is 2.14. The molecule has 0 bridgehead atoms. The summed E-state index contributed by atoms with van der Waals surface area (Å²) in [5, 5.41) is 8.72. The average molecular weight is 429 g/mol. The number of halogens is 1. The van der Waals surface area contributed by atoms with Gasteiger partial charge in [-0.25, -0.2) is 0 Å². The van der Waals surface area contributed by atoms with Gasteiger partial charge in [-0.1, -0.05) is 37.6 Å². The van der Waals surface area contributed by atoms with E-state index in [9.17, 15) is 0 Å². The summed E-state index contributed by atoms with van der Waals surface area (Å²) < 4.78 is 7.97. The molecule has 4 rings (SSSR count). The molecule has 1 aliphatic heterocycles. The van der Waals surface area contributed by atoms with Gasteiger partial charge in [0, 0.05) is 23.7 Å². The molecule has 1 aliphatic rings. The first-order valence-electron chi connectivity index (χ1n) is 10.5. The Morgan fingerprint density at radius 2 is 1.93 bits per heavy atom. The summed E-state index contributed by atoms with van der Waals surface area (Å²) in [6, 6.07) is 8.21. The van der Waals surface area contributed by atoms with Crippen LogP contribution in [0.1, 0.15) is 56.7 Å². The van der Waals surface area contributed by atoms with E-state index < -0.39 is 0 Å². The number of fused-ring (bicyclic) bond motifs is 1. The molecule has 160 valence electrons. The summed E-state index contributed by atoms with van der Waals surface area (Å²) in [6.45, 7) is 8.39. The van der Waals surface area contributed by atoms with Crippen molar-refractivity contribution in [2.24, 2.45) is 0 Å². The number of piperidine rings is 1. The zero-order chi connectivity index (χ0) is 21.3. The van der Waals surface area contributed by atoms with E-state index in [0.29, 0.717) is 22.9 Å². The minimum atomic E-state index is -0.00956. The molecule has 1 N–H and O–H groups in total. The van der Waals surface area contributed by atoms with Crippen molar-refractivity contribution < 1.29 is 4.74 Å². The predicted octanol–water partition coefficient (Wildman–Crippen LogP) is 4.55. The molecule has 30 heavy (non-hydrogen) atoms. The highest BCUT2D eigenvalue weighted by molar-refractivity contribution is 6.30. The summed E-state index contributed by atoms with van der Waals surface area (Å²) in [5.41, 5.74) is 2.93. The van der Waals surface area contributed by atoms with Gasteiger partial charge in [0.25, 0.3) is 0 Å². The van der Waals surface area contributed by atoms with Crippen LogP contribution in [0, 0.1) is 0 Å². The van der Waals surface area contributed by atoms with Crippen molar-refractivity contribution in [2.45, 2.75) is 51.7 Å². The zero-order valence-electron chi connectivity index (χ0n) is 18.0. The van der Waals surface area contributed by atoms with Crippen molar-refractivity contribution in [3.8, 4) is 6.01 Å². The lowest BCUT2D eigenvalue weighted by molar-refractivity contribution is 0.105. The number of anilines is 1. The van der Waals surface area contributed by atoms with Gasteiger partial charge < -0.3 is 15.0 Å². The second-order valence-corrected chi connectivity index (χ2v) is 8.80. The van der Waals surface area contributed by atoms with Crippen molar-refractivity contribution in [3.63, 3.8) is 0 Å². The zero-order valence-corrected chi connectivity index (χ0v) is 18.7. The van der Waals surface area contributed by atoms with E-state index in [1.807, 2.05) is 30.5 Å². The van der Waals surface area contributed by atoms with E-state index in [1.165, 1.54) is 0 Å². The molecule has 1 aromatic carbocycles. The number of aromatic nitrogens is 4. The van der Waals surface area contributed by atoms with Gasteiger partial charge >= 0.3 is 6.01 Å². The second-order valence-electron chi connectivity index (χ2n) is 8.36. The van der Waals surface area contributed by atoms with E-state index >= 15 is 0 Å². The third-order valence-corrected chi connectivity index (χ3v) is 5.86. The molecule has 0 amide bonds. The number of rotatable bonds is 6. The molecular formula is C22H29ClN6O. The largest absolute Gasteiger partial charge is 0.460 e. The molecule has 1 fully saturated rings. The van der Waals surface area contributed by atoms with E-state index in [2.05, 4.69) is 48.1 Å². The SMILES string of the molecule is CC(C)c1cnn2c(NC(C)c3cccc(Cl)c3)nc(OC3CCN(C)CC3)nc12. The highest BCUT2D eigenvalue weighted by atomic mass is 35.5. The van der Waals surface area contributed by atoms with Crippen molar-refractivity contribution in [1.29, 1.82) is 0 Å². The highest BCUT2D eigenvalue weighted by Gasteiger charge is 2.22. The molecule has 3 aromatic rings. The molecule has 1 saturated heterocycles. The van der Waals surface area contributed by atoms with Crippen LogP contribution in [0.3, 0.4) is 0 Å². The fraction of sp³-hybridized carbons (Fsp3) is 0.500. The first-order valence-corrected chi connectivity index (χ1v) is 10.9. The van der Waals surface area contributed by atoms with Crippen molar-refractivity contribution in [1.82, 2.24) is 24.5 Å². The first-order chi connectivity index (χ1) is 14.4. The van der Waals surface area contributed by atoms with E-state index in [-0.39, 0.29) is 12.1 Å². The number of hydrogen-bond acceptors (Lipinski definition) is 6. The Kier molecular flexibility index (Phi) is 6.11. The molecule has 1 unspecified atom stereocenters. The Morgan fingerprint density at radius 3 is 2.63 bits per heavy atom.